The highest BCUT2D eigenvalue weighted by Gasteiger charge is 2.35. The molecule has 4 amide bonds. The number of imide groups is 1. The number of thioether (sulfide) groups is 1. The average Bonchev–Trinajstić information content (AvgIpc) is 3.40. The number of amides is 4. The van der Waals surface area contributed by atoms with Crippen molar-refractivity contribution in [2.24, 2.45) is 5.92 Å². The molecular formula is C22H21ClN4O6S2. The molecule has 0 spiro atoms. The van der Waals surface area contributed by atoms with Gasteiger partial charge in [-0.15, -0.1) is 11.3 Å². The third kappa shape index (κ3) is 6.47. The second-order valence-corrected chi connectivity index (χ2v) is 10.1. The molecule has 1 saturated heterocycles. The maximum atomic E-state index is 12.7. The number of thiophene rings is 1. The minimum atomic E-state index is -0.942. The van der Waals surface area contributed by atoms with Crippen LogP contribution in [0.5, 0.6) is 0 Å². The molecule has 1 atom stereocenters. The smallest absolute Gasteiger partial charge is 0.293 e. The third-order valence-corrected chi connectivity index (χ3v) is 7.01. The molecular weight excluding hydrogens is 516 g/mol. The normalized spacial score (nSPS) is 15.5. The Morgan fingerprint density at radius 1 is 1.26 bits per heavy atom. The fourth-order valence-corrected chi connectivity index (χ4v) is 5.00. The highest BCUT2D eigenvalue weighted by Crippen LogP contribution is 2.32. The van der Waals surface area contributed by atoms with E-state index >= 15 is 0 Å². The fourth-order valence-electron chi connectivity index (χ4n) is 3.15. The van der Waals surface area contributed by atoms with Crippen molar-refractivity contribution in [2.45, 2.75) is 19.9 Å². The zero-order chi connectivity index (χ0) is 25.7. The number of nitrogens with zero attached hydrogens (tertiary/aromatic N) is 2. The summed E-state index contributed by atoms with van der Waals surface area (Å²) in [4.78, 5) is 62.7. The summed E-state index contributed by atoms with van der Waals surface area (Å²) in [7, 11) is 0. The molecule has 3 rings (SSSR count). The number of hydrogen-bond acceptors (Lipinski definition) is 8. The van der Waals surface area contributed by atoms with E-state index in [1.165, 1.54) is 17.4 Å². The summed E-state index contributed by atoms with van der Waals surface area (Å²) in [6.45, 7) is 3.44. The monoisotopic (exact) mass is 536 g/mol. The molecule has 13 heteroatoms. The predicted molar refractivity (Wildman–Crippen MR) is 134 cm³/mol. The molecule has 1 aliphatic rings. The Morgan fingerprint density at radius 2 is 2.00 bits per heavy atom. The van der Waals surface area contributed by atoms with Crippen molar-refractivity contribution in [3.63, 3.8) is 0 Å². The number of hydrogen-bond donors (Lipinski definition) is 2. The summed E-state index contributed by atoms with van der Waals surface area (Å²) in [6, 6.07) is 6.16. The van der Waals surface area contributed by atoms with Crippen molar-refractivity contribution in [1.29, 1.82) is 0 Å². The summed E-state index contributed by atoms with van der Waals surface area (Å²) in [5.74, 6) is -1.90. The number of nitrogens with one attached hydrogen (secondary N) is 2. The summed E-state index contributed by atoms with van der Waals surface area (Å²) in [5, 5.41) is 17.4. The molecule has 10 nitrogen and oxygen atoms in total. The molecule has 1 aromatic heterocycles. The molecule has 35 heavy (non-hydrogen) atoms. The third-order valence-electron chi connectivity index (χ3n) is 4.97. The summed E-state index contributed by atoms with van der Waals surface area (Å²) >= 11 is 8.30. The fraction of sp³-hybridized carbons (Fsp3) is 0.273. The predicted octanol–water partition coefficient (Wildman–Crippen LogP) is 3.92. The van der Waals surface area contributed by atoms with Crippen LogP contribution < -0.4 is 10.6 Å². The van der Waals surface area contributed by atoms with Gasteiger partial charge in [0.05, 0.1) is 20.4 Å². The van der Waals surface area contributed by atoms with Crippen molar-refractivity contribution in [2.75, 3.05) is 13.1 Å². The van der Waals surface area contributed by atoms with Crippen LogP contribution in [0.15, 0.2) is 40.6 Å². The Balaban J connectivity index is 1.58. The van der Waals surface area contributed by atoms with E-state index in [0.29, 0.717) is 4.91 Å². The van der Waals surface area contributed by atoms with E-state index in [0.717, 1.165) is 33.7 Å². The zero-order valence-corrected chi connectivity index (χ0v) is 21.0. The molecule has 0 unspecified atom stereocenters. The molecule has 184 valence electrons. The Kier molecular flexibility index (Phi) is 8.65. The lowest BCUT2D eigenvalue weighted by molar-refractivity contribution is -0.384. The number of non-ortho nitro benzene ring substituents is 1. The van der Waals surface area contributed by atoms with Crippen LogP contribution in [-0.2, 0) is 9.59 Å². The van der Waals surface area contributed by atoms with Crippen LogP contribution in [0, 0.1) is 16.0 Å². The van der Waals surface area contributed by atoms with Crippen LogP contribution in [0.1, 0.15) is 29.1 Å². The maximum absolute atomic E-state index is 12.7. The van der Waals surface area contributed by atoms with Gasteiger partial charge < -0.3 is 10.6 Å². The SMILES string of the molecule is CC(C)[C@H](NC(=O)c1ccc([N+](=O)[O-])cc1Cl)C(=O)NCCN1C(=O)SC(=Cc2cccs2)C1=O. The van der Waals surface area contributed by atoms with Crippen LogP contribution in [0.2, 0.25) is 5.02 Å². The van der Waals surface area contributed by atoms with Gasteiger partial charge in [0.1, 0.15) is 6.04 Å². The van der Waals surface area contributed by atoms with Crippen molar-refractivity contribution in [1.82, 2.24) is 15.5 Å². The number of rotatable bonds is 9. The first kappa shape index (κ1) is 26.4. The lowest BCUT2D eigenvalue weighted by atomic mass is 10.0. The Bertz CT molecular complexity index is 1200. The lowest BCUT2D eigenvalue weighted by Gasteiger charge is -2.22. The molecule has 1 fully saturated rings. The van der Waals surface area contributed by atoms with Crippen molar-refractivity contribution in [3.05, 3.63) is 66.2 Å². The van der Waals surface area contributed by atoms with E-state index in [1.807, 2.05) is 17.5 Å². The van der Waals surface area contributed by atoms with Crippen LogP contribution in [0.25, 0.3) is 6.08 Å². The first-order valence-electron chi connectivity index (χ1n) is 10.4. The summed E-state index contributed by atoms with van der Waals surface area (Å²) < 4.78 is 0. The van der Waals surface area contributed by atoms with Gasteiger partial charge in [0.2, 0.25) is 5.91 Å². The van der Waals surface area contributed by atoms with Gasteiger partial charge in [-0.05, 0) is 41.3 Å². The standard InChI is InChI=1S/C22H21ClN4O6S2/c1-12(2)18(25-19(28)15-6-5-13(27(32)33)10-16(15)23)20(29)24-7-8-26-21(30)17(35-22(26)31)11-14-4-3-9-34-14/h3-6,9-12,18H,7-8H2,1-2H3,(H,24,29)(H,25,28)/t18-/m0/s1. The van der Waals surface area contributed by atoms with E-state index < -0.39 is 33.9 Å². The maximum Gasteiger partial charge on any atom is 0.293 e. The first-order valence-corrected chi connectivity index (χ1v) is 12.5. The van der Waals surface area contributed by atoms with E-state index in [-0.39, 0.29) is 35.3 Å². The number of nitro benzene ring substituents is 1. The van der Waals surface area contributed by atoms with Gasteiger partial charge in [-0.3, -0.25) is 34.2 Å². The van der Waals surface area contributed by atoms with Gasteiger partial charge >= 0.3 is 0 Å². The zero-order valence-electron chi connectivity index (χ0n) is 18.6. The Hall–Kier alpha value is -3.22. The van der Waals surface area contributed by atoms with Gasteiger partial charge in [0.25, 0.3) is 22.7 Å². The highest BCUT2D eigenvalue weighted by molar-refractivity contribution is 8.18. The molecule has 1 aliphatic heterocycles. The van der Waals surface area contributed by atoms with Crippen LogP contribution in [0.4, 0.5) is 10.5 Å². The molecule has 2 N–H and O–H groups in total. The van der Waals surface area contributed by atoms with Crippen molar-refractivity contribution in [3.8, 4) is 0 Å². The summed E-state index contributed by atoms with van der Waals surface area (Å²) in [6.07, 6.45) is 1.65. The lowest BCUT2D eigenvalue weighted by Crippen LogP contribution is -2.51. The number of nitro groups is 1. The van der Waals surface area contributed by atoms with Crippen LogP contribution in [0.3, 0.4) is 0 Å². The first-order chi connectivity index (χ1) is 16.6. The highest BCUT2D eigenvalue weighted by atomic mass is 35.5. The Morgan fingerprint density at radius 3 is 2.60 bits per heavy atom. The molecule has 2 heterocycles. The van der Waals surface area contributed by atoms with E-state index in [2.05, 4.69) is 10.6 Å². The van der Waals surface area contributed by atoms with Gasteiger partial charge in [0, 0.05) is 30.1 Å². The van der Waals surface area contributed by atoms with Gasteiger partial charge in [-0.1, -0.05) is 31.5 Å². The van der Waals surface area contributed by atoms with Gasteiger partial charge in [-0.25, -0.2) is 0 Å². The van der Waals surface area contributed by atoms with E-state index in [9.17, 15) is 29.3 Å². The van der Waals surface area contributed by atoms with E-state index in [4.69, 9.17) is 11.6 Å². The topological polar surface area (TPSA) is 139 Å². The second-order valence-electron chi connectivity index (χ2n) is 7.76. The van der Waals surface area contributed by atoms with E-state index in [1.54, 1.807) is 19.9 Å². The molecule has 0 bridgehead atoms. The largest absolute Gasteiger partial charge is 0.353 e. The van der Waals surface area contributed by atoms with Crippen LogP contribution >= 0.6 is 34.7 Å². The average molecular weight is 537 g/mol. The molecule has 0 radical (unpaired) electrons. The number of carbonyl (C=O) groups excluding carboxylic acids is 4. The minimum absolute atomic E-state index is 0.000529. The molecule has 0 saturated carbocycles. The number of halogens is 1. The number of benzene rings is 1. The Labute approximate surface area is 213 Å². The summed E-state index contributed by atoms with van der Waals surface area (Å²) in [5.41, 5.74) is -0.270. The van der Waals surface area contributed by atoms with Crippen molar-refractivity contribution >= 4 is 69.4 Å². The second kappa shape index (κ2) is 11.5. The van der Waals surface area contributed by atoms with Gasteiger partial charge in [-0.2, -0.15) is 0 Å². The molecule has 1 aromatic carbocycles. The molecule has 2 aromatic rings. The molecule has 0 aliphatic carbocycles. The van der Waals surface area contributed by atoms with Crippen molar-refractivity contribution < 1.29 is 24.1 Å². The number of carbonyl (C=O) groups is 4. The minimum Gasteiger partial charge on any atom is -0.353 e. The van der Waals surface area contributed by atoms with Gasteiger partial charge in [0.15, 0.2) is 0 Å². The van der Waals surface area contributed by atoms with Crippen LogP contribution in [-0.4, -0.2) is 51.9 Å². The quantitative estimate of drug-likeness (QED) is 0.281.